The lowest BCUT2D eigenvalue weighted by Crippen LogP contribution is -2.26. The molecule has 1 amide bonds. The fourth-order valence-corrected chi connectivity index (χ4v) is 2.13. The number of carbonyl (C=O) groups excluding carboxylic acids is 1. The molecule has 22 heavy (non-hydrogen) atoms. The van der Waals surface area contributed by atoms with Crippen LogP contribution in [0.4, 0.5) is 4.39 Å². The van der Waals surface area contributed by atoms with E-state index in [-0.39, 0.29) is 11.7 Å². The predicted octanol–water partition coefficient (Wildman–Crippen LogP) is 2.72. The standard InChI is InChI=1S/C16H19FN2O3/c1-11-8-13(18-22-11)10-19(2)16(20)7-5-12-4-6-15(21-3)14(17)9-12/h4,6,8-9H,5,7,10H2,1-3H3. The first-order valence-corrected chi connectivity index (χ1v) is 6.98. The summed E-state index contributed by atoms with van der Waals surface area (Å²) in [7, 11) is 3.13. The van der Waals surface area contributed by atoms with E-state index in [1.54, 1.807) is 37.1 Å². The smallest absolute Gasteiger partial charge is 0.222 e. The lowest BCUT2D eigenvalue weighted by molar-refractivity contribution is -0.130. The molecule has 1 aromatic carbocycles. The zero-order chi connectivity index (χ0) is 16.1. The van der Waals surface area contributed by atoms with Crippen LogP contribution in [0.5, 0.6) is 5.75 Å². The maximum Gasteiger partial charge on any atom is 0.222 e. The molecule has 0 saturated heterocycles. The van der Waals surface area contributed by atoms with Crippen LogP contribution in [0.1, 0.15) is 23.4 Å². The molecule has 0 N–H and O–H groups in total. The fourth-order valence-electron chi connectivity index (χ4n) is 2.13. The van der Waals surface area contributed by atoms with Crippen LogP contribution in [-0.2, 0) is 17.8 Å². The number of halogens is 1. The molecule has 118 valence electrons. The quantitative estimate of drug-likeness (QED) is 0.823. The Balaban J connectivity index is 1.87. The highest BCUT2D eigenvalue weighted by molar-refractivity contribution is 5.76. The number of hydrogen-bond acceptors (Lipinski definition) is 4. The van der Waals surface area contributed by atoms with Gasteiger partial charge in [0.15, 0.2) is 11.6 Å². The van der Waals surface area contributed by atoms with Crippen LogP contribution < -0.4 is 4.74 Å². The lowest BCUT2D eigenvalue weighted by atomic mass is 10.1. The predicted molar refractivity (Wildman–Crippen MR) is 79.0 cm³/mol. The second-order valence-corrected chi connectivity index (χ2v) is 5.15. The van der Waals surface area contributed by atoms with Crippen LogP contribution in [0.3, 0.4) is 0 Å². The Bertz CT molecular complexity index is 655. The number of methoxy groups -OCH3 is 1. The van der Waals surface area contributed by atoms with Crippen molar-refractivity contribution in [2.24, 2.45) is 0 Å². The van der Waals surface area contributed by atoms with Gasteiger partial charge in [-0.05, 0) is 31.0 Å². The summed E-state index contributed by atoms with van der Waals surface area (Å²) in [5, 5.41) is 3.85. The van der Waals surface area contributed by atoms with Crippen molar-refractivity contribution in [2.45, 2.75) is 26.3 Å². The highest BCUT2D eigenvalue weighted by Gasteiger charge is 2.12. The molecule has 0 saturated carbocycles. The van der Waals surface area contributed by atoms with E-state index in [2.05, 4.69) is 5.16 Å². The normalized spacial score (nSPS) is 10.5. The monoisotopic (exact) mass is 306 g/mol. The summed E-state index contributed by atoms with van der Waals surface area (Å²) < 4.78 is 23.4. The molecule has 6 heteroatoms. The molecule has 1 aromatic heterocycles. The van der Waals surface area contributed by atoms with Crippen LogP contribution in [0.2, 0.25) is 0 Å². The van der Waals surface area contributed by atoms with Gasteiger partial charge in [0, 0.05) is 19.5 Å². The van der Waals surface area contributed by atoms with Gasteiger partial charge in [0.25, 0.3) is 0 Å². The van der Waals surface area contributed by atoms with Crippen LogP contribution >= 0.6 is 0 Å². The van der Waals surface area contributed by atoms with E-state index in [1.807, 2.05) is 0 Å². The third kappa shape index (κ3) is 4.07. The zero-order valence-corrected chi connectivity index (χ0v) is 12.9. The first-order valence-electron chi connectivity index (χ1n) is 6.98. The van der Waals surface area contributed by atoms with Gasteiger partial charge in [0.05, 0.1) is 13.7 Å². The molecule has 1 heterocycles. The summed E-state index contributed by atoms with van der Waals surface area (Å²) in [6.07, 6.45) is 0.779. The average molecular weight is 306 g/mol. The van der Waals surface area contributed by atoms with E-state index >= 15 is 0 Å². The molecule has 2 rings (SSSR count). The minimum absolute atomic E-state index is 0.0307. The van der Waals surface area contributed by atoms with E-state index in [1.165, 1.54) is 13.2 Å². The first kappa shape index (κ1) is 16.0. The molecule has 0 aliphatic heterocycles. The molecule has 0 spiro atoms. The van der Waals surface area contributed by atoms with Crippen molar-refractivity contribution in [3.8, 4) is 5.75 Å². The number of ether oxygens (including phenoxy) is 1. The van der Waals surface area contributed by atoms with Crippen LogP contribution in [0.25, 0.3) is 0 Å². The van der Waals surface area contributed by atoms with Crippen molar-refractivity contribution in [3.05, 3.63) is 47.1 Å². The Morgan fingerprint density at radius 3 is 2.77 bits per heavy atom. The van der Waals surface area contributed by atoms with Gasteiger partial charge >= 0.3 is 0 Å². The van der Waals surface area contributed by atoms with Crippen LogP contribution in [0, 0.1) is 12.7 Å². The minimum Gasteiger partial charge on any atom is -0.494 e. The van der Waals surface area contributed by atoms with E-state index in [4.69, 9.17) is 9.26 Å². The third-order valence-electron chi connectivity index (χ3n) is 3.35. The Morgan fingerprint density at radius 2 is 2.18 bits per heavy atom. The summed E-state index contributed by atoms with van der Waals surface area (Å²) in [6.45, 7) is 2.20. The number of amides is 1. The second-order valence-electron chi connectivity index (χ2n) is 5.15. The Labute approximate surface area is 128 Å². The van der Waals surface area contributed by atoms with Crippen molar-refractivity contribution in [1.29, 1.82) is 0 Å². The van der Waals surface area contributed by atoms with Gasteiger partial charge in [-0.15, -0.1) is 0 Å². The molecule has 0 aliphatic carbocycles. The number of aryl methyl sites for hydroxylation is 2. The third-order valence-corrected chi connectivity index (χ3v) is 3.35. The summed E-state index contributed by atoms with van der Waals surface area (Å²) >= 11 is 0. The molecule has 0 fully saturated rings. The summed E-state index contributed by atoms with van der Waals surface area (Å²) in [6, 6.07) is 6.52. The Hall–Kier alpha value is -2.37. The van der Waals surface area contributed by atoms with E-state index in [0.29, 0.717) is 30.8 Å². The second kappa shape index (κ2) is 7.06. The molecule has 5 nitrogen and oxygen atoms in total. The van der Waals surface area contributed by atoms with Gasteiger partial charge in [0.1, 0.15) is 11.5 Å². The summed E-state index contributed by atoms with van der Waals surface area (Å²) in [5.41, 5.74) is 1.47. The number of carbonyl (C=O) groups is 1. The first-order chi connectivity index (χ1) is 10.5. The van der Waals surface area contributed by atoms with Gasteiger partial charge in [-0.3, -0.25) is 4.79 Å². The fraction of sp³-hybridized carbons (Fsp3) is 0.375. The molecular weight excluding hydrogens is 287 g/mol. The van der Waals surface area contributed by atoms with Crippen molar-refractivity contribution in [2.75, 3.05) is 14.2 Å². The van der Waals surface area contributed by atoms with Gasteiger partial charge in [-0.1, -0.05) is 11.2 Å². The van der Waals surface area contributed by atoms with Gasteiger partial charge in [-0.25, -0.2) is 4.39 Å². The Kier molecular flexibility index (Phi) is 5.14. The van der Waals surface area contributed by atoms with Crippen molar-refractivity contribution in [1.82, 2.24) is 10.1 Å². The molecule has 0 unspecified atom stereocenters. The Morgan fingerprint density at radius 1 is 1.41 bits per heavy atom. The molecule has 0 atom stereocenters. The number of nitrogens with zero attached hydrogens (tertiary/aromatic N) is 2. The van der Waals surface area contributed by atoms with Gasteiger partial charge in [0.2, 0.25) is 5.91 Å². The molecule has 0 bridgehead atoms. The summed E-state index contributed by atoms with van der Waals surface area (Å²) in [5.74, 6) is 0.467. The number of rotatable bonds is 6. The highest BCUT2D eigenvalue weighted by Crippen LogP contribution is 2.18. The van der Waals surface area contributed by atoms with Crippen molar-refractivity contribution in [3.63, 3.8) is 0 Å². The minimum atomic E-state index is -0.418. The van der Waals surface area contributed by atoms with Crippen molar-refractivity contribution < 1.29 is 18.4 Å². The topological polar surface area (TPSA) is 55.6 Å². The van der Waals surface area contributed by atoms with Crippen LogP contribution in [0.15, 0.2) is 28.8 Å². The molecule has 0 aliphatic rings. The molecule has 2 aromatic rings. The maximum atomic E-state index is 13.6. The van der Waals surface area contributed by atoms with E-state index in [0.717, 1.165) is 5.56 Å². The summed E-state index contributed by atoms with van der Waals surface area (Å²) in [4.78, 5) is 13.7. The molecular formula is C16H19FN2O3. The largest absolute Gasteiger partial charge is 0.494 e. The highest BCUT2D eigenvalue weighted by atomic mass is 19.1. The number of aromatic nitrogens is 1. The van der Waals surface area contributed by atoms with E-state index in [9.17, 15) is 9.18 Å². The SMILES string of the molecule is COc1ccc(CCC(=O)N(C)Cc2cc(C)on2)cc1F. The van der Waals surface area contributed by atoms with Crippen LogP contribution in [-0.4, -0.2) is 30.1 Å². The lowest BCUT2D eigenvalue weighted by Gasteiger charge is -2.15. The zero-order valence-electron chi connectivity index (χ0n) is 12.9. The number of benzene rings is 1. The molecule has 0 radical (unpaired) electrons. The average Bonchev–Trinajstić information content (AvgIpc) is 2.90. The van der Waals surface area contributed by atoms with Crippen molar-refractivity contribution >= 4 is 5.91 Å². The number of hydrogen-bond donors (Lipinski definition) is 0. The van der Waals surface area contributed by atoms with Gasteiger partial charge < -0.3 is 14.2 Å². The maximum absolute atomic E-state index is 13.6. The van der Waals surface area contributed by atoms with Gasteiger partial charge in [-0.2, -0.15) is 0 Å². The van der Waals surface area contributed by atoms with E-state index < -0.39 is 5.82 Å².